The lowest BCUT2D eigenvalue weighted by atomic mass is 9.95. The van der Waals surface area contributed by atoms with Crippen LogP contribution in [0.4, 0.5) is 0 Å². The van der Waals surface area contributed by atoms with E-state index < -0.39 is 18.2 Å². The summed E-state index contributed by atoms with van der Waals surface area (Å²) in [7, 11) is -0.777. The molecule has 0 fully saturated rings. The number of hydrogen-bond acceptors (Lipinski definition) is 3. The molecule has 2 unspecified atom stereocenters. The SMILES string of the molecule is CC(C)C(c1ccc(S(N)(=O)=N[Si](C)(C)C(C)(C)C)cc1)N(C)C. The highest BCUT2D eigenvalue weighted by Gasteiger charge is 2.37. The Bertz CT molecular complexity index is 658. The maximum absolute atomic E-state index is 13.0. The summed E-state index contributed by atoms with van der Waals surface area (Å²) in [6.45, 7) is 15.1. The van der Waals surface area contributed by atoms with Crippen LogP contribution in [0.5, 0.6) is 0 Å². The molecule has 138 valence electrons. The first-order valence-electron chi connectivity index (χ1n) is 8.51. The normalized spacial score (nSPS) is 17.0. The van der Waals surface area contributed by atoms with Crippen LogP contribution in [-0.2, 0) is 9.92 Å². The smallest absolute Gasteiger partial charge is 0.195 e. The summed E-state index contributed by atoms with van der Waals surface area (Å²) in [5.41, 5.74) is 1.21. The standard InChI is InChI=1S/C18H35N3OSSi/c1-14(2)17(21(6)7)15-10-12-16(13-11-15)23(19,22)20-24(8,9)18(3,4)5/h10-14,17H,1-9H3,(H2,19,20,22). The van der Waals surface area contributed by atoms with Crippen molar-refractivity contribution in [1.29, 1.82) is 0 Å². The average molecular weight is 370 g/mol. The molecule has 0 radical (unpaired) electrons. The van der Waals surface area contributed by atoms with Crippen LogP contribution in [0.2, 0.25) is 18.1 Å². The van der Waals surface area contributed by atoms with Gasteiger partial charge in [-0.1, -0.05) is 46.8 Å². The Morgan fingerprint density at radius 2 is 1.58 bits per heavy atom. The van der Waals surface area contributed by atoms with Crippen molar-refractivity contribution in [3.05, 3.63) is 29.8 Å². The van der Waals surface area contributed by atoms with Crippen LogP contribution in [-0.4, -0.2) is 31.4 Å². The maximum atomic E-state index is 13.0. The lowest BCUT2D eigenvalue weighted by molar-refractivity contribution is 0.235. The van der Waals surface area contributed by atoms with Gasteiger partial charge in [0.05, 0.1) is 4.90 Å². The van der Waals surface area contributed by atoms with Crippen molar-refractivity contribution in [2.24, 2.45) is 15.1 Å². The van der Waals surface area contributed by atoms with E-state index >= 15 is 0 Å². The van der Waals surface area contributed by atoms with E-state index in [4.69, 9.17) is 5.14 Å². The first-order chi connectivity index (χ1) is 10.7. The minimum Gasteiger partial charge on any atom is -0.302 e. The predicted molar refractivity (Wildman–Crippen MR) is 108 cm³/mol. The van der Waals surface area contributed by atoms with Gasteiger partial charge in [-0.25, -0.2) is 9.35 Å². The van der Waals surface area contributed by atoms with Gasteiger partial charge in [-0.05, 0) is 55.8 Å². The van der Waals surface area contributed by atoms with Gasteiger partial charge in [-0.2, -0.15) is 0 Å². The third-order valence-electron chi connectivity index (χ3n) is 4.95. The van der Waals surface area contributed by atoms with Crippen LogP contribution in [0.25, 0.3) is 0 Å². The van der Waals surface area contributed by atoms with Gasteiger partial charge in [-0.15, -0.1) is 0 Å². The molecule has 2 N–H and O–H groups in total. The molecule has 0 saturated heterocycles. The molecule has 0 heterocycles. The molecule has 0 aliphatic rings. The van der Waals surface area contributed by atoms with Crippen molar-refractivity contribution < 1.29 is 4.21 Å². The van der Waals surface area contributed by atoms with Crippen LogP contribution in [0.1, 0.15) is 46.2 Å². The van der Waals surface area contributed by atoms with E-state index in [0.717, 1.165) is 0 Å². The highest BCUT2D eigenvalue weighted by atomic mass is 32.2. The van der Waals surface area contributed by atoms with Gasteiger partial charge in [0.2, 0.25) is 0 Å². The molecule has 0 aromatic heterocycles. The van der Waals surface area contributed by atoms with Gasteiger partial charge in [0.25, 0.3) is 0 Å². The zero-order valence-corrected chi connectivity index (χ0v) is 18.6. The van der Waals surface area contributed by atoms with Gasteiger partial charge >= 0.3 is 0 Å². The first kappa shape index (κ1) is 21.3. The second kappa shape index (κ2) is 7.28. The third kappa shape index (κ3) is 4.91. The molecule has 0 aliphatic carbocycles. The Labute approximate surface area is 150 Å². The van der Waals surface area contributed by atoms with Crippen molar-refractivity contribution in [3.8, 4) is 0 Å². The lowest BCUT2D eigenvalue weighted by Crippen LogP contribution is -2.37. The van der Waals surface area contributed by atoms with E-state index in [1.54, 1.807) is 0 Å². The third-order valence-corrected chi connectivity index (χ3v) is 12.5. The summed E-state index contributed by atoms with van der Waals surface area (Å²) in [6.07, 6.45) is 0. The van der Waals surface area contributed by atoms with Crippen LogP contribution in [0.3, 0.4) is 0 Å². The lowest BCUT2D eigenvalue weighted by Gasteiger charge is -2.32. The van der Waals surface area contributed by atoms with Gasteiger partial charge in [0, 0.05) is 6.04 Å². The van der Waals surface area contributed by atoms with Crippen molar-refractivity contribution in [2.75, 3.05) is 14.1 Å². The number of benzene rings is 1. The number of nitrogens with two attached hydrogens (primary N) is 1. The fourth-order valence-electron chi connectivity index (χ4n) is 2.67. The monoisotopic (exact) mass is 369 g/mol. The highest BCUT2D eigenvalue weighted by Crippen LogP contribution is 2.38. The zero-order valence-electron chi connectivity index (χ0n) is 16.8. The number of hydrogen-bond donors (Lipinski definition) is 1. The Balaban J connectivity index is 3.28. The molecular formula is C18H35N3OSSi. The molecule has 1 rings (SSSR count). The summed E-state index contributed by atoms with van der Waals surface area (Å²) in [5.74, 6) is 0.491. The highest BCUT2D eigenvalue weighted by molar-refractivity contribution is 7.92. The molecular weight excluding hydrogens is 334 g/mol. The summed E-state index contributed by atoms with van der Waals surface area (Å²) in [4.78, 5) is 2.83. The van der Waals surface area contributed by atoms with Crippen LogP contribution < -0.4 is 5.14 Å². The summed E-state index contributed by atoms with van der Waals surface area (Å²) < 4.78 is 17.7. The summed E-state index contributed by atoms with van der Waals surface area (Å²) >= 11 is 0. The van der Waals surface area contributed by atoms with E-state index in [0.29, 0.717) is 16.9 Å². The molecule has 1 aromatic carbocycles. The number of nitrogens with zero attached hydrogens (tertiary/aromatic N) is 2. The van der Waals surface area contributed by atoms with E-state index in [1.165, 1.54) is 5.56 Å². The molecule has 4 nitrogen and oxygen atoms in total. The average Bonchev–Trinajstić information content (AvgIpc) is 2.35. The molecule has 0 amide bonds. The van der Waals surface area contributed by atoms with E-state index in [1.807, 2.05) is 24.3 Å². The largest absolute Gasteiger partial charge is 0.302 e. The van der Waals surface area contributed by atoms with Crippen LogP contribution >= 0.6 is 0 Å². The Hall–Kier alpha value is -0.693. The van der Waals surface area contributed by atoms with Crippen LogP contribution in [0.15, 0.2) is 33.2 Å². The molecule has 1 aromatic rings. The van der Waals surface area contributed by atoms with E-state index in [9.17, 15) is 4.21 Å². The Morgan fingerprint density at radius 3 is 1.92 bits per heavy atom. The minimum atomic E-state index is -2.86. The Kier molecular flexibility index (Phi) is 6.47. The second-order valence-corrected chi connectivity index (χ2v) is 15.6. The fraction of sp³-hybridized carbons (Fsp3) is 0.667. The minimum absolute atomic E-state index is 0.0165. The van der Waals surface area contributed by atoms with Crippen molar-refractivity contribution in [1.82, 2.24) is 4.90 Å². The predicted octanol–water partition coefficient (Wildman–Crippen LogP) is 4.65. The van der Waals surface area contributed by atoms with Gasteiger partial charge < -0.3 is 4.90 Å². The molecule has 0 aliphatic heterocycles. The van der Waals surface area contributed by atoms with E-state index in [2.05, 4.69) is 70.7 Å². The van der Waals surface area contributed by atoms with Gasteiger partial charge in [0.1, 0.15) is 9.92 Å². The molecule has 0 saturated carbocycles. The molecule has 6 heteroatoms. The van der Waals surface area contributed by atoms with Crippen molar-refractivity contribution in [2.45, 2.75) is 63.7 Å². The topological polar surface area (TPSA) is 58.7 Å². The summed E-state index contributed by atoms with van der Waals surface area (Å²) in [6, 6.07) is 8.16. The van der Waals surface area contributed by atoms with Crippen LogP contribution in [0, 0.1) is 5.92 Å². The van der Waals surface area contributed by atoms with E-state index in [-0.39, 0.29) is 5.04 Å². The molecule has 0 bridgehead atoms. The van der Waals surface area contributed by atoms with Crippen molar-refractivity contribution >= 4 is 18.2 Å². The van der Waals surface area contributed by atoms with Crippen molar-refractivity contribution in [3.63, 3.8) is 0 Å². The Morgan fingerprint density at radius 1 is 1.12 bits per heavy atom. The molecule has 0 spiro atoms. The number of rotatable bonds is 5. The zero-order chi connectivity index (χ0) is 18.9. The quantitative estimate of drug-likeness (QED) is 0.768. The molecule has 24 heavy (non-hydrogen) atoms. The summed E-state index contributed by atoms with van der Waals surface area (Å²) in [5, 5.41) is 6.17. The van der Waals surface area contributed by atoms with Gasteiger partial charge in [0.15, 0.2) is 8.24 Å². The second-order valence-electron chi connectivity index (χ2n) is 8.69. The maximum Gasteiger partial charge on any atom is 0.195 e. The van der Waals surface area contributed by atoms with Gasteiger partial charge in [-0.3, -0.25) is 4.03 Å². The molecule has 2 atom stereocenters. The first-order valence-corrected chi connectivity index (χ1v) is 13.0. The fourth-order valence-corrected chi connectivity index (χ4v) is 7.42.